The number of carbonyl (C=O) groups is 1. The SMILES string of the molecule is CCNC(=NCc1ccc(F)cc1)NCCN1CCN(C(=O)C2CCCC2)CC1. The van der Waals surface area contributed by atoms with Crippen molar-refractivity contribution in [2.45, 2.75) is 39.2 Å². The molecule has 1 aromatic carbocycles. The third-order valence-corrected chi connectivity index (χ3v) is 5.79. The molecule has 0 aromatic heterocycles. The Morgan fingerprint density at radius 3 is 2.45 bits per heavy atom. The number of benzene rings is 1. The minimum atomic E-state index is -0.229. The minimum Gasteiger partial charge on any atom is -0.357 e. The lowest BCUT2D eigenvalue weighted by Gasteiger charge is -2.36. The summed E-state index contributed by atoms with van der Waals surface area (Å²) < 4.78 is 13.0. The van der Waals surface area contributed by atoms with E-state index < -0.39 is 0 Å². The van der Waals surface area contributed by atoms with E-state index in [1.54, 1.807) is 12.1 Å². The average molecular weight is 404 g/mol. The summed E-state index contributed by atoms with van der Waals surface area (Å²) in [5.41, 5.74) is 0.978. The van der Waals surface area contributed by atoms with Gasteiger partial charge in [-0.25, -0.2) is 9.38 Å². The van der Waals surface area contributed by atoms with E-state index in [-0.39, 0.29) is 11.7 Å². The van der Waals surface area contributed by atoms with E-state index in [2.05, 4.69) is 25.4 Å². The van der Waals surface area contributed by atoms with Gasteiger partial charge in [0.15, 0.2) is 5.96 Å². The minimum absolute atomic E-state index is 0.229. The normalized spacial score (nSPS) is 18.8. The van der Waals surface area contributed by atoms with Gasteiger partial charge in [0.2, 0.25) is 5.91 Å². The molecule has 160 valence electrons. The highest BCUT2D eigenvalue weighted by Gasteiger charge is 2.29. The van der Waals surface area contributed by atoms with Crippen LogP contribution in [-0.2, 0) is 11.3 Å². The Morgan fingerprint density at radius 2 is 1.79 bits per heavy atom. The molecule has 0 spiro atoms. The van der Waals surface area contributed by atoms with Crippen molar-refractivity contribution in [2.75, 3.05) is 45.8 Å². The van der Waals surface area contributed by atoms with Crippen LogP contribution >= 0.6 is 0 Å². The predicted molar refractivity (Wildman–Crippen MR) is 114 cm³/mol. The molecule has 0 bridgehead atoms. The fourth-order valence-electron chi connectivity index (χ4n) is 4.06. The number of hydrogen-bond donors (Lipinski definition) is 2. The van der Waals surface area contributed by atoms with E-state index in [0.29, 0.717) is 12.5 Å². The van der Waals surface area contributed by atoms with Crippen LogP contribution in [0.4, 0.5) is 4.39 Å². The largest absolute Gasteiger partial charge is 0.357 e. The number of halogens is 1. The number of carbonyl (C=O) groups excluding carboxylic acids is 1. The third kappa shape index (κ3) is 6.70. The Balaban J connectivity index is 1.38. The Kier molecular flexibility index (Phi) is 8.28. The number of amides is 1. The summed E-state index contributed by atoms with van der Waals surface area (Å²) in [7, 11) is 0. The van der Waals surface area contributed by atoms with Crippen LogP contribution in [0, 0.1) is 11.7 Å². The smallest absolute Gasteiger partial charge is 0.225 e. The molecule has 1 saturated carbocycles. The Morgan fingerprint density at radius 1 is 1.10 bits per heavy atom. The van der Waals surface area contributed by atoms with Crippen LogP contribution in [0.25, 0.3) is 0 Å². The van der Waals surface area contributed by atoms with Crippen LogP contribution in [0.1, 0.15) is 38.2 Å². The van der Waals surface area contributed by atoms with E-state index >= 15 is 0 Å². The average Bonchev–Trinajstić information content (AvgIpc) is 3.28. The van der Waals surface area contributed by atoms with Crippen molar-refractivity contribution in [1.29, 1.82) is 0 Å². The molecule has 1 aliphatic carbocycles. The molecule has 0 radical (unpaired) electrons. The molecule has 2 fully saturated rings. The fourth-order valence-corrected chi connectivity index (χ4v) is 4.06. The van der Waals surface area contributed by atoms with Gasteiger partial charge in [0.05, 0.1) is 6.54 Å². The van der Waals surface area contributed by atoms with Gasteiger partial charge < -0.3 is 15.5 Å². The van der Waals surface area contributed by atoms with Gasteiger partial charge in [-0.3, -0.25) is 9.69 Å². The molecule has 2 N–H and O–H groups in total. The standard InChI is InChI=1S/C22H34FN5O/c1-2-24-22(26-17-18-7-9-20(23)10-8-18)25-11-12-27-13-15-28(16-14-27)21(29)19-5-3-4-6-19/h7-10,19H,2-6,11-17H2,1H3,(H2,24,25,26). The first-order valence-corrected chi connectivity index (χ1v) is 10.9. The Labute approximate surface area is 173 Å². The maximum atomic E-state index is 13.0. The molecule has 1 aliphatic heterocycles. The molecule has 0 atom stereocenters. The van der Waals surface area contributed by atoms with Crippen molar-refractivity contribution >= 4 is 11.9 Å². The van der Waals surface area contributed by atoms with Gasteiger partial charge in [-0.05, 0) is 37.5 Å². The highest BCUT2D eigenvalue weighted by Crippen LogP contribution is 2.26. The number of aliphatic imine (C=N–C) groups is 1. The molecule has 29 heavy (non-hydrogen) atoms. The van der Waals surface area contributed by atoms with E-state index in [1.165, 1.54) is 25.0 Å². The number of guanidine groups is 1. The molecule has 1 saturated heterocycles. The highest BCUT2D eigenvalue weighted by atomic mass is 19.1. The zero-order valence-electron chi connectivity index (χ0n) is 17.5. The lowest BCUT2D eigenvalue weighted by Crippen LogP contribution is -2.51. The lowest BCUT2D eigenvalue weighted by molar-refractivity contribution is -0.137. The zero-order valence-corrected chi connectivity index (χ0v) is 17.5. The summed E-state index contributed by atoms with van der Waals surface area (Å²) in [5, 5.41) is 6.62. The summed E-state index contributed by atoms with van der Waals surface area (Å²) >= 11 is 0. The van der Waals surface area contributed by atoms with Crippen LogP contribution in [0.3, 0.4) is 0 Å². The van der Waals surface area contributed by atoms with E-state index in [9.17, 15) is 9.18 Å². The Hall–Kier alpha value is -2.15. The molecule has 3 rings (SSSR count). The first-order chi connectivity index (χ1) is 14.2. The Bertz CT molecular complexity index is 664. The van der Waals surface area contributed by atoms with E-state index in [0.717, 1.165) is 70.2 Å². The fraction of sp³-hybridized carbons (Fsp3) is 0.636. The molecular formula is C22H34FN5O. The molecule has 6 nitrogen and oxygen atoms in total. The van der Waals surface area contributed by atoms with Crippen molar-refractivity contribution < 1.29 is 9.18 Å². The van der Waals surface area contributed by atoms with E-state index in [4.69, 9.17) is 0 Å². The van der Waals surface area contributed by atoms with Crippen molar-refractivity contribution in [3.05, 3.63) is 35.6 Å². The zero-order chi connectivity index (χ0) is 20.5. The van der Waals surface area contributed by atoms with Crippen LogP contribution in [0.5, 0.6) is 0 Å². The number of hydrogen-bond acceptors (Lipinski definition) is 3. The molecule has 7 heteroatoms. The summed E-state index contributed by atoms with van der Waals surface area (Å²) in [6.45, 7) is 8.61. The summed E-state index contributed by atoms with van der Waals surface area (Å²) in [6.07, 6.45) is 4.57. The number of piperazine rings is 1. The van der Waals surface area contributed by atoms with Gasteiger partial charge >= 0.3 is 0 Å². The van der Waals surface area contributed by atoms with Crippen molar-refractivity contribution in [3.8, 4) is 0 Å². The lowest BCUT2D eigenvalue weighted by atomic mass is 10.1. The summed E-state index contributed by atoms with van der Waals surface area (Å²) in [5.74, 6) is 1.20. The summed E-state index contributed by atoms with van der Waals surface area (Å²) in [6, 6.07) is 6.44. The summed E-state index contributed by atoms with van der Waals surface area (Å²) in [4.78, 5) is 21.6. The van der Waals surface area contributed by atoms with Gasteiger partial charge in [-0.2, -0.15) is 0 Å². The first kappa shape index (κ1) is 21.6. The van der Waals surface area contributed by atoms with Crippen LogP contribution in [-0.4, -0.2) is 67.5 Å². The molecule has 0 unspecified atom stereocenters. The topological polar surface area (TPSA) is 60.0 Å². The maximum Gasteiger partial charge on any atom is 0.225 e. The molecule has 1 aromatic rings. The third-order valence-electron chi connectivity index (χ3n) is 5.79. The van der Waals surface area contributed by atoms with E-state index in [1.807, 2.05) is 6.92 Å². The molecule has 2 aliphatic rings. The second kappa shape index (κ2) is 11.1. The van der Waals surface area contributed by atoms with Gasteiger partial charge in [-0.15, -0.1) is 0 Å². The number of nitrogens with zero attached hydrogens (tertiary/aromatic N) is 3. The highest BCUT2D eigenvalue weighted by molar-refractivity contribution is 5.80. The van der Waals surface area contributed by atoms with Gasteiger partial charge in [-0.1, -0.05) is 25.0 Å². The van der Waals surface area contributed by atoms with Gasteiger partial charge in [0.25, 0.3) is 0 Å². The van der Waals surface area contributed by atoms with Crippen molar-refractivity contribution in [1.82, 2.24) is 20.4 Å². The monoisotopic (exact) mass is 403 g/mol. The second-order valence-electron chi connectivity index (χ2n) is 7.90. The van der Waals surface area contributed by atoms with Crippen molar-refractivity contribution in [2.24, 2.45) is 10.9 Å². The number of rotatable bonds is 7. The quantitative estimate of drug-likeness (QED) is 0.541. The van der Waals surface area contributed by atoms with Crippen LogP contribution in [0.15, 0.2) is 29.3 Å². The van der Waals surface area contributed by atoms with Gasteiger partial charge in [0, 0.05) is 51.7 Å². The maximum absolute atomic E-state index is 13.0. The second-order valence-corrected chi connectivity index (χ2v) is 7.90. The predicted octanol–water partition coefficient (Wildman–Crippen LogP) is 2.22. The molecule has 1 heterocycles. The van der Waals surface area contributed by atoms with Crippen LogP contribution in [0.2, 0.25) is 0 Å². The molecule has 1 amide bonds. The van der Waals surface area contributed by atoms with Gasteiger partial charge in [0.1, 0.15) is 5.82 Å². The number of nitrogens with one attached hydrogen (secondary N) is 2. The van der Waals surface area contributed by atoms with Crippen LogP contribution < -0.4 is 10.6 Å². The molecular weight excluding hydrogens is 369 g/mol. The first-order valence-electron chi connectivity index (χ1n) is 10.9. The van der Waals surface area contributed by atoms with Crippen molar-refractivity contribution in [3.63, 3.8) is 0 Å².